The van der Waals surface area contributed by atoms with Crippen molar-refractivity contribution in [2.24, 2.45) is 0 Å². The normalized spacial score (nSPS) is 18.8. The van der Waals surface area contributed by atoms with Gasteiger partial charge in [-0.2, -0.15) is 0 Å². The van der Waals surface area contributed by atoms with Crippen LogP contribution in [-0.4, -0.2) is 61.1 Å². The van der Waals surface area contributed by atoms with Crippen LogP contribution in [0.15, 0.2) is 6.07 Å². The summed E-state index contributed by atoms with van der Waals surface area (Å²) in [6.07, 6.45) is 1.02. The fourth-order valence-electron chi connectivity index (χ4n) is 2.28. The number of morpholine rings is 1. The highest BCUT2D eigenvalue weighted by molar-refractivity contribution is 5.50. The van der Waals surface area contributed by atoms with Crippen molar-refractivity contribution in [2.45, 2.75) is 26.0 Å². The zero-order chi connectivity index (χ0) is 15.1. The minimum atomic E-state index is -0.0666. The number of aromatic nitrogens is 2. The molecule has 1 atom stereocenters. The van der Waals surface area contributed by atoms with Crippen LogP contribution in [-0.2, 0) is 16.1 Å². The van der Waals surface area contributed by atoms with E-state index in [1.54, 1.807) is 7.11 Å². The highest BCUT2D eigenvalue weighted by atomic mass is 16.5. The highest BCUT2D eigenvalue weighted by Gasteiger charge is 2.24. The number of nitrogens with zero attached hydrogens (tertiary/aromatic N) is 3. The van der Waals surface area contributed by atoms with Crippen LogP contribution in [0.1, 0.15) is 19.2 Å². The summed E-state index contributed by atoms with van der Waals surface area (Å²) in [6, 6.07) is 1.85. The third-order valence-corrected chi connectivity index (χ3v) is 3.32. The van der Waals surface area contributed by atoms with Gasteiger partial charge in [0.1, 0.15) is 18.2 Å². The van der Waals surface area contributed by atoms with Gasteiger partial charge in [0.25, 0.3) is 0 Å². The number of rotatable bonds is 7. The van der Waals surface area contributed by atoms with Crippen LogP contribution in [0.2, 0.25) is 0 Å². The van der Waals surface area contributed by atoms with Gasteiger partial charge in [-0.25, -0.2) is 9.97 Å². The first kappa shape index (κ1) is 15.9. The third kappa shape index (κ3) is 4.26. The number of aliphatic hydroxyl groups excluding tert-OH is 1. The molecule has 1 saturated heterocycles. The maximum absolute atomic E-state index is 9.50. The number of aliphatic hydroxyl groups is 1. The summed E-state index contributed by atoms with van der Waals surface area (Å²) < 4.78 is 10.5. The fraction of sp³-hybridized carbons (Fsp3) is 0.714. The van der Waals surface area contributed by atoms with E-state index in [4.69, 9.17) is 9.47 Å². The molecule has 1 aliphatic rings. The molecule has 1 aliphatic heterocycles. The first-order valence-corrected chi connectivity index (χ1v) is 7.34. The Balaban J connectivity index is 2.24. The third-order valence-electron chi connectivity index (χ3n) is 3.32. The summed E-state index contributed by atoms with van der Waals surface area (Å²) in [7, 11) is 1.63. The SMILES string of the molecule is CCCNc1cc(N2CCOCC2CO)nc(COC)n1. The molecule has 1 aromatic rings. The average Bonchev–Trinajstić information content (AvgIpc) is 2.53. The van der Waals surface area contributed by atoms with Crippen molar-refractivity contribution < 1.29 is 14.6 Å². The maximum Gasteiger partial charge on any atom is 0.158 e. The Labute approximate surface area is 125 Å². The molecule has 1 aromatic heterocycles. The molecule has 0 amide bonds. The highest BCUT2D eigenvalue weighted by Crippen LogP contribution is 2.21. The molecule has 0 saturated carbocycles. The van der Waals surface area contributed by atoms with Crippen molar-refractivity contribution in [3.05, 3.63) is 11.9 Å². The Morgan fingerprint density at radius 1 is 1.52 bits per heavy atom. The topological polar surface area (TPSA) is 79.7 Å². The molecule has 118 valence electrons. The first-order chi connectivity index (χ1) is 10.3. The molecule has 0 aliphatic carbocycles. The maximum atomic E-state index is 9.50. The monoisotopic (exact) mass is 296 g/mol. The molecule has 0 radical (unpaired) electrons. The molecule has 1 unspecified atom stereocenters. The lowest BCUT2D eigenvalue weighted by molar-refractivity contribution is 0.0722. The number of nitrogens with one attached hydrogen (secondary N) is 1. The summed E-state index contributed by atoms with van der Waals surface area (Å²) >= 11 is 0. The first-order valence-electron chi connectivity index (χ1n) is 7.34. The van der Waals surface area contributed by atoms with Crippen molar-refractivity contribution in [1.29, 1.82) is 0 Å². The smallest absolute Gasteiger partial charge is 0.158 e. The van der Waals surface area contributed by atoms with Crippen LogP contribution in [0.25, 0.3) is 0 Å². The Morgan fingerprint density at radius 3 is 3.10 bits per heavy atom. The summed E-state index contributed by atoms with van der Waals surface area (Å²) in [5.74, 6) is 2.23. The molecule has 2 rings (SSSR count). The molecule has 2 heterocycles. The van der Waals surface area contributed by atoms with Crippen LogP contribution in [0.4, 0.5) is 11.6 Å². The van der Waals surface area contributed by atoms with Gasteiger partial charge in [0.2, 0.25) is 0 Å². The standard InChI is InChI=1S/C14H24N4O3/c1-3-4-15-12-7-14(17-13(16-12)10-20-2)18-5-6-21-9-11(18)8-19/h7,11,19H,3-6,8-10H2,1-2H3,(H,15,16,17). The largest absolute Gasteiger partial charge is 0.394 e. The summed E-state index contributed by atoms with van der Waals surface area (Å²) in [5, 5.41) is 12.8. The molecule has 21 heavy (non-hydrogen) atoms. The van der Waals surface area contributed by atoms with Crippen molar-refractivity contribution in [2.75, 3.05) is 50.2 Å². The lowest BCUT2D eigenvalue weighted by atomic mass is 10.2. The number of anilines is 2. The zero-order valence-corrected chi connectivity index (χ0v) is 12.7. The van der Waals surface area contributed by atoms with Crippen molar-refractivity contribution in [1.82, 2.24) is 9.97 Å². The second-order valence-electron chi connectivity index (χ2n) is 4.99. The van der Waals surface area contributed by atoms with Gasteiger partial charge in [-0.3, -0.25) is 0 Å². The molecule has 0 aromatic carbocycles. The molecule has 0 bridgehead atoms. The van der Waals surface area contributed by atoms with Crippen molar-refractivity contribution in [3.63, 3.8) is 0 Å². The Morgan fingerprint density at radius 2 is 2.38 bits per heavy atom. The average molecular weight is 296 g/mol. The van der Waals surface area contributed by atoms with E-state index in [-0.39, 0.29) is 12.6 Å². The number of methoxy groups -OCH3 is 1. The Hall–Kier alpha value is -1.44. The fourth-order valence-corrected chi connectivity index (χ4v) is 2.28. The molecule has 2 N–H and O–H groups in total. The minimum Gasteiger partial charge on any atom is -0.394 e. The summed E-state index contributed by atoms with van der Waals surface area (Å²) in [4.78, 5) is 11.0. The van der Waals surface area contributed by atoms with Crippen LogP contribution in [0, 0.1) is 0 Å². The Kier molecular flexibility index (Phi) is 6.16. The van der Waals surface area contributed by atoms with Crippen LogP contribution in [0.5, 0.6) is 0 Å². The van der Waals surface area contributed by atoms with E-state index in [1.165, 1.54) is 0 Å². The summed E-state index contributed by atoms with van der Waals surface area (Å²) in [6.45, 7) is 5.23. The van der Waals surface area contributed by atoms with E-state index in [9.17, 15) is 5.11 Å². The lowest BCUT2D eigenvalue weighted by Gasteiger charge is -2.35. The predicted molar refractivity (Wildman–Crippen MR) is 80.6 cm³/mol. The second kappa shape index (κ2) is 8.11. The van der Waals surface area contributed by atoms with Gasteiger partial charge in [0, 0.05) is 26.3 Å². The van der Waals surface area contributed by atoms with Gasteiger partial charge in [0.05, 0.1) is 25.9 Å². The van der Waals surface area contributed by atoms with Gasteiger partial charge in [-0.05, 0) is 6.42 Å². The van der Waals surface area contributed by atoms with Crippen molar-refractivity contribution in [3.8, 4) is 0 Å². The number of hydrogen-bond donors (Lipinski definition) is 2. The quantitative estimate of drug-likeness (QED) is 0.764. The molecule has 7 nitrogen and oxygen atoms in total. The van der Waals surface area contributed by atoms with E-state index in [0.29, 0.717) is 32.2 Å². The Bertz CT molecular complexity index is 444. The number of hydrogen-bond acceptors (Lipinski definition) is 7. The van der Waals surface area contributed by atoms with Gasteiger partial charge < -0.3 is 24.8 Å². The van der Waals surface area contributed by atoms with E-state index >= 15 is 0 Å². The van der Waals surface area contributed by atoms with Gasteiger partial charge in [-0.15, -0.1) is 0 Å². The van der Waals surface area contributed by atoms with Crippen LogP contribution >= 0.6 is 0 Å². The van der Waals surface area contributed by atoms with Crippen LogP contribution < -0.4 is 10.2 Å². The molecular formula is C14H24N4O3. The predicted octanol–water partition coefficient (Wildman–Crippen LogP) is 0.642. The van der Waals surface area contributed by atoms with Gasteiger partial charge >= 0.3 is 0 Å². The molecule has 7 heteroatoms. The van der Waals surface area contributed by atoms with E-state index in [1.807, 2.05) is 6.07 Å². The molecular weight excluding hydrogens is 272 g/mol. The van der Waals surface area contributed by atoms with E-state index < -0.39 is 0 Å². The lowest BCUT2D eigenvalue weighted by Crippen LogP contribution is -2.48. The van der Waals surface area contributed by atoms with E-state index in [0.717, 1.165) is 24.6 Å². The second-order valence-corrected chi connectivity index (χ2v) is 4.99. The minimum absolute atomic E-state index is 0.0430. The summed E-state index contributed by atoms with van der Waals surface area (Å²) in [5.41, 5.74) is 0. The van der Waals surface area contributed by atoms with Gasteiger partial charge in [-0.1, -0.05) is 6.92 Å². The van der Waals surface area contributed by atoms with Crippen LogP contribution in [0.3, 0.4) is 0 Å². The molecule has 0 spiro atoms. The number of ether oxygens (including phenoxy) is 2. The van der Waals surface area contributed by atoms with Gasteiger partial charge in [0.15, 0.2) is 5.82 Å². The molecule has 1 fully saturated rings. The van der Waals surface area contributed by atoms with E-state index in [2.05, 4.69) is 27.1 Å². The van der Waals surface area contributed by atoms with Crippen molar-refractivity contribution >= 4 is 11.6 Å². The zero-order valence-electron chi connectivity index (χ0n) is 12.7.